The summed E-state index contributed by atoms with van der Waals surface area (Å²) in [6.07, 6.45) is 7.55. The summed E-state index contributed by atoms with van der Waals surface area (Å²) in [6.45, 7) is 0. The second kappa shape index (κ2) is 10.8. The van der Waals surface area contributed by atoms with Crippen LogP contribution in [0.2, 0.25) is 0 Å². The number of nitriles is 1. The van der Waals surface area contributed by atoms with E-state index in [1.807, 2.05) is 24.3 Å². The van der Waals surface area contributed by atoms with E-state index in [1.165, 1.54) is 50.1 Å². The van der Waals surface area contributed by atoms with E-state index in [-0.39, 0.29) is 6.04 Å². The highest BCUT2D eigenvalue weighted by Crippen LogP contribution is 2.57. The minimum absolute atomic E-state index is 0.0729. The lowest BCUT2D eigenvalue weighted by atomic mass is 9.67. The fourth-order valence-corrected chi connectivity index (χ4v) is 7.97. The molecule has 0 bridgehead atoms. The zero-order valence-electron chi connectivity index (χ0n) is 25.8. The van der Waals surface area contributed by atoms with Gasteiger partial charge in [0.25, 0.3) is 0 Å². The molecule has 1 heterocycles. The molecule has 1 aliphatic heterocycles. The molecule has 6 aromatic rings. The maximum atomic E-state index is 9.33. The smallest absolute Gasteiger partial charge is 0.0991 e. The Morgan fingerprint density at radius 3 is 2.02 bits per heavy atom. The largest absolute Gasteiger partial charge is 0.276 e. The van der Waals surface area contributed by atoms with Crippen LogP contribution in [0.25, 0.3) is 27.8 Å². The second-order valence-corrected chi connectivity index (χ2v) is 12.5. The zero-order valence-corrected chi connectivity index (χ0v) is 25.8. The van der Waals surface area contributed by atoms with Crippen molar-refractivity contribution in [3.63, 3.8) is 0 Å². The van der Waals surface area contributed by atoms with Crippen molar-refractivity contribution in [2.75, 3.05) is 0 Å². The van der Waals surface area contributed by atoms with Crippen LogP contribution in [0.15, 0.2) is 169 Å². The molecule has 9 rings (SSSR count). The van der Waals surface area contributed by atoms with Crippen LogP contribution in [0.3, 0.4) is 0 Å². The minimum atomic E-state index is -0.476. The minimum Gasteiger partial charge on any atom is -0.276 e. The Balaban J connectivity index is 1.32. The molecule has 0 amide bonds. The van der Waals surface area contributed by atoms with E-state index >= 15 is 0 Å². The maximum absolute atomic E-state index is 9.33. The number of nitrogens with zero attached hydrogens (tertiary/aromatic N) is 2. The number of benzene rings is 6. The molecule has 0 radical (unpaired) electrons. The van der Waals surface area contributed by atoms with Gasteiger partial charge in [-0.25, -0.2) is 0 Å². The molecule has 2 heteroatoms. The SMILES string of the molecule is N#Cc1ccc(-c2cccc(C3=NC4CC=CC=C4c4cc5c(cc43)C(c3ccccc3)(c3ccccc3)c3ccccc3-5)c2)cc1. The lowest BCUT2D eigenvalue weighted by molar-refractivity contribution is 0.767. The van der Waals surface area contributed by atoms with Gasteiger partial charge in [0, 0.05) is 11.1 Å². The van der Waals surface area contributed by atoms with E-state index in [1.54, 1.807) is 0 Å². The van der Waals surface area contributed by atoms with Gasteiger partial charge in [-0.3, -0.25) is 4.99 Å². The topological polar surface area (TPSA) is 36.1 Å². The van der Waals surface area contributed by atoms with Crippen LogP contribution >= 0.6 is 0 Å². The average molecular weight is 599 g/mol. The fourth-order valence-electron chi connectivity index (χ4n) is 7.97. The third kappa shape index (κ3) is 4.14. The molecule has 1 atom stereocenters. The molecule has 1 unspecified atom stereocenters. The van der Waals surface area contributed by atoms with Crippen molar-refractivity contribution in [3.05, 3.63) is 208 Å². The van der Waals surface area contributed by atoms with E-state index in [4.69, 9.17) is 4.99 Å². The predicted octanol–water partition coefficient (Wildman–Crippen LogP) is 10.2. The van der Waals surface area contributed by atoms with Gasteiger partial charge in [-0.2, -0.15) is 5.26 Å². The average Bonchev–Trinajstić information content (AvgIpc) is 3.44. The molecule has 2 nitrogen and oxygen atoms in total. The van der Waals surface area contributed by atoms with E-state index in [9.17, 15) is 5.26 Å². The highest BCUT2D eigenvalue weighted by Gasteiger charge is 2.47. The van der Waals surface area contributed by atoms with E-state index in [0.717, 1.165) is 28.8 Å². The third-order valence-electron chi connectivity index (χ3n) is 10.1. The highest BCUT2D eigenvalue weighted by atomic mass is 14.8. The lowest BCUT2D eigenvalue weighted by Gasteiger charge is -2.35. The molecule has 0 saturated heterocycles. The molecule has 3 aliphatic rings. The van der Waals surface area contributed by atoms with Gasteiger partial charge in [0.1, 0.15) is 0 Å². The van der Waals surface area contributed by atoms with Crippen LogP contribution in [-0.4, -0.2) is 11.8 Å². The Morgan fingerprint density at radius 2 is 1.28 bits per heavy atom. The van der Waals surface area contributed by atoms with Crippen LogP contribution in [0.5, 0.6) is 0 Å². The number of aliphatic imine (C=N–C) groups is 1. The predicted molar refractivity (Wildman–Crippen MR) is 191 cm³/mol. The summed E-state index contributed by atoms with van der Waals surface area (Å²) in [6, 6.07) is 54.6. The molecule has 0 fully saturated rings. The van der Waals surface area contributed by atoms with Gasteiger partial charge in [-0.05, 0) is 92.4 Å². The molecular weight excluding hydrogens is 569 g/mol. The summed E-state index contributed by atoms with van der Waals surface area (Å²) < 4.78 is 0. The van der Waals surface area contributed by atoms with Gasteiger partial charge >= 0.3 is 0 Å². The van der Waals surface area contributed by atoms with Gasteiger partial charge in [-0.1, -0.05) is 133 Å². The quantitative estimate of drug-likeness (QED) is 0.199. The van der Waals surface area contributed by atoms with Crippen LogP contribution in [-0.2, 0) is 5.41 Å². The molecule has 47 heavy (non-hydrogen) atoms. The third-order valence-corrected chi connectivity index (χ3v) is 10.1. The summed E-state index contributed by atoms with van der Waals surface area (Å²) in [5, 5.41) is 9.33. The van der Waals surface area contributed by atoms with Gasteiger partial charge in [0.05, 0.1) is 28.8 Å². The Bertz CT molecular complexity index is 2280. The Labute approximate surface area is 275 Å². The van der Waals surface area contributed by atoms with Crippen molar-refractivity contribution in [1.82, 2.24) is 0 Å². The van der Waals surface area contributed by atoms with Crippen molar-refractivity contribution >= 4 is 11.3 Å². The number of hydrogen-bond donors (Lipinski definition) is 0. The first kappa shape index (κ1) is 27.3. The van der Waals surface area contributed by atoms with Gasteiger partial charge < -0.3 is 0 Å². The summed E-state index contributed by atoms with van der Waals surface area (Å²) in [4.78, 5) is 5.50. The van der Waals surface area contributed by atoms with Gasteiger partial charge in [0.15, 0.2) is 0 Å². The maximum Gasteiger partial charge on any atom is 0.0991 e. The molecule has 0 aromatic heterocycles. The number of fused-ring (bicyclic) bond motifs is 6. The van der Waals surface area contributed by atoms with Crippen LogP contribution in [0, 0.1) is 11.3 Å². The number of hydrogen-bond acceptors (Lipinski definition) is 2. The van der Waals surface area contributed by atoms with E-state index in [0.29, 0.717) is 5.56 Å². The normalized spacial score (nSPS) is 16.5. The molecule has 2 aliphatic carbocycles. The zero-order chi connectivity index (χ0) is 31.4. The molecule has 220 valence electrons. The summed E-state index contributed by atoms with van der Waals surface area (Å²) in [5.41, 5.74) is 15.9. The second-order valence-electron chi connectivity index (χ2n) is 12.5. The van der Waals surface area contributed by atoms with Gasteiger partial charge in [-0.15, -0.1) is 0 Å². The van der Waals surface area contributed by atoms with Gasteiger partial charge in [0.2, 0.25) is 0 Å². The molecule has 0 spiro atoms. The Hall–Kier alpha value is -6.04. The van der Waals surface area contributed by atoms with E-state index < -0.39 is 5.41 Å². The highest BCUT2D eigenvalue weighted by molar-refractivity contribution is 6.18. The van der Waals surface area contributed by atoms with E-state index in [2.05, 4.69) is 146 Å². The van der Waals surface area contributed by atoms with Crippen molar-refractivity contribution in [2.24, 2.45) is 4.99 Å². The monoisotopic (exact) mass is 598 g/mol. The molecule has 0 N–H and O–H groups in total. The Kier molecular flexibility index (Phi) is 6.27. The van der Waals surface area contributed by atoms with Crippen molar-refractivity contribution < 1.29 is 0 Å². The molecular formula is C45H30N2. The standard InChI is InChI=1S/C45H30N2/c46-29-30-22-24-31(25-23-30)32-12-11-13-33(26-32)44-40-28-42-39(27-38(40)37-19-8-10-21-43(37)47-44)36-18-7-9-20-41(36)45(42,34-14-3-1-4-15-34)35-16-5-2-6-17-35/h1-20,22-28,43H,21H2. The van der Waals surface area contributed by atoms with Crippen LogP contribution in [0.4, 0.5) is 0 Å². The van der Waals surface area contributed by atoms with Crippen molar-refractivity contribution in [2.45, 2.75) is 17.9 Å². The fraction of sp³-hybridized carbons (Fsp3) is 0.0667. The summed E-state index contributed by atoms with van der Waals surface area (Å²) >= 11 is 0. The first-order valence-corrected chi connectivity index (χ1v) is 16.2. The Morgan fingerprint density at radius 1 is 0.574 bits per heavy atom. The van der Waals surface area contributed by atoms with Crippen molar-refractivity contribution in [3.8, 4) is 28.3 Å². The molecule has 0 saturated carbocycles. The first-order valence-electron chi connectivity index (χ1n) is 16.2. The number of rotatable bonds is 4. The number of allylic oxidation sites excluding steroid dienone is 2. The summed E-state index contributed by atoms with van der Waals surface area (Å²) in [5.74, 6) is 0. The molecule has 6 aromatic carbocycles. The van der Waals surface area contributed by atoms with Crippen molar-refractivity contribution in [1.29, 1.82) is 5.26 Å². The first-order chi connectivity index (χ1) is 23.3. The van der Waals surface area contributed by atoms with Crippen LogP contribution < -0.4 is 0 Å². The van der Waals surface area contributed by atoms with Crippen LogP contribution in [0.1, 0.15) is 50.9 Å². The summed E-state index contributed by atoms with van der Waals surface area (Å²) in [7, 11) is 0. The lowest BCUT2D eigenvalue weighted by Crippen LogP contribution is -2.29.